The van der Waals surface area contributed by atoms with Crippen molar-refractivity contribution in [3.8, 4) is 16.3 Å². The number of amides is 1. The van der Waals surface area contributed by atoms with Crippen molar-refractivity contribution in [3.63, 3.8) is 0 Å². The number of methoxy groups -OCH3 is 1. The Morgan fingerprint density at radius 1 is 1.00 bits per heavy atom. The van der Waals surface area contributed by atoms with Crippen molar-refractivity contribution in [2.45, 2.75) is 13.0 Å². The second-order valence-corrected chi connectivity index (χ2v) is 7.69. The first-order valence-electron chi connectivity index (χ1n) is 9.64. The van der Waals surface area contributed by atoms with Crippen LogP contribution >= 0.6 is 11.3 Å². The van der Waals surface area contributed by atoms with Gasteiger partial charge in [0.1, 0.15) is 10.8 Å². The Hall–Kier alpha value is -3.71. The largest absolute Gasteiger partial charge is 0.497 e. The van der Waals surface area contributed by atoms with E-state index < -0.39 is 18.0 Å². The maximum Gasteiger partial charge on any atom is 0.358 e. The number of carbonyl (C=O) groups is 2. The average molecular weight is 433 g/mol. The van der Waals surface area contributed by atoms with Gasteiger partial charge in [-0.1, -0.05) is 36.4 Å². The van der Waals surface area contributed by atoms with Crippen LogP contribution in [0.2, 0.25) is 0 Å². The van der Waals surface area contributed by atoms with Gasteiger partial charge in [-0.05, 0) is 42.6 Å². The molecule has 0 aliphatic carbocycles. The molecule has 4 aromatic rings. The van der Waals surface area contributed by atoms with E-state index in [0.717, 1.165) is 22.1 Å². The number of fused-ring (bicyclic) bond motifs is 1. The van der Waals surface area contributed by atoms with Gasteiger partial charge >= 0.3 is 5.97 Å². The first-order chi connectivity index (χ1) is 15.0. The van der Waals surface area contributed by atoms with Crippen LogP contribution in [0.5, 0.6) is 5.75 Å². The second-order valence-electron chi connectivity index (χ2n) is 6.83. The smallest absolute Gasteiger partial charge is 0.358 e. The van der Waals surface area contributed by atoms with Gasteiger partial charge in [0, 0.05) is 22.0 Å². The molecule has 7 heteroatoms. The van der Waals surface area contributed by atoms with E-state index in [1.807, 2.05) is 66.7 Å². The third-order valence-corrected chi connectivity index (χ3v) is 5.64. The Bertz CT molecular complexity index is 1230. The molecule has 3 aromatic carbocycles. The maximum absolute atomic E-state index is 12.6. The molecule has 0 aliphatic rings. The van der Waals surface area contributed by atoms with Crippen molar-refractivity contribution >= 4 is 39.7 Å². The molecule has 1 heterocycles. The molecule has 31 heavy (non-hydrogen) atoms. The second kappa shape index (κ2) is 8.97. The number of ether oxygens (including phenoxy) is 2. The minimum absolute atomic E-state index is 0.167. The van der Waals surface area contributed by atoms with Crippen LogP contribution in [-0.2, 0) is 9.53 Å². The molecule has 0 bridgehead atoms. The number of nitrogens with one attached hydrogen (secondary N) is 1. The predicted molar refractivity (Wildman–Crippen MR) is 122 cm³/mol. The standard InChI is InChI=1S/C24H20N2O4S/c1-15(22(27)25-20-9-5-7-16-6-3-4-8-19(16)20)30-24(28)21-14-31-23(26-21)17-10-12-18(29-2)13-11-17/h3-15H,1-2H3,(H,25,27). The number of nitrogens with zero attached hydrogens (tertiary/aromatic N) is 1. The van der Waals surface area contributed by atoms with Crippen LogP contribution in [0.4, 0.5) is 5.69 Å². The summed E-state index contributed by atoms with van der Waals surface area (Å²) in [6.45, 7) is 1.54. The first-order valence-corrected chi connectivity index (χ1v) is 10.5. The third-order valence-electron chi connectivity index (χ3n) is 4.75. The number of carbonyl (C=O) groups excluding carboxylic acids is 2. The fourth-order valence-electron chi connectivity index (χ4n) is 3.08. The molecule has 1 aromatic heterocycles. The molecule has 0 fully saturated rings. The zero-order valence-corrected chi connectivity index (χ0v) is 17.8. The number of hydrogen-bond donors (Lipinski definition) is 1. The molecule has 4 rings (SSSR count). The van der Waals surface area contributed by atoms with Crippen molar-refractivity contribution in [3.05, 3.63) is 77.8 Å². The highest BCUT2D eigenvalue weighted by Gasteiger charge is 2.21. The molecule has 0 saturated heterocycles. The van der Waals surface area contributed by atoms with Crippen molar-refractivity contribution in [1.29, 1.82) is 0 Å². The summed E-state index contributed by atoms with van der Waals surface area (Å²) in [7, 11) is 1.60. The van der Waals surface area contributed by atoms with Crippen LogP contribution in [0.1, 0.15) is 17.4 Å². The summed E-state index contributed by atoms with van der Waals surface area (Å²) in [5.41, 5.74) is 1.70. The number of benzene rings is 3. The van der Waals surface area contributed by atoms with E-state index in [1.165, 1.54) is 18.3 Å². The molecule has 0 spiro atoms. The van der Waals surface area contributed by atoms with E-state index >= 15 is 0 Å². The quantitative estimate of drug-likeness (QED) is 0.426. The topological polar surface area (TPSA) is 77.5 Å². The Balaban J connectivity index is 1.42. The molecule has 1 unspecified atom stereocenters. The Labute approximate surface area is 183 Å². The number of aromatic nitrogens is 1. The van der Waals surface area contributed by atoms with E-state index in [0.29, 0.717) is 10.7 Å². The molecule has 1 N–H and O–H groups in total. The van der Waals surface area contributed by atoms with Gasteiger partial charge in [-0.2, -0.15) is 0 Å². The highest BCUT2D eigenvalue weighted by molar-refractivity contribution is 7.13. The normalized spacial score (nSPS) is 11.7. The zero-order chi connectivity index (χ0) is 21.8. The van der Waals surface area contributed by atoms with E-state index in [9.17, 15) is 9.59 Å². The SMILES string of the molecule is COc1ccc(-c2nc(C(=O)OC(C)C(=O)Nc3cccc4ccccc34)cs2)cc1. The molecule has 0 radical (unpaired) electrons. The van der Waals surface area contributed by atoms with Crippen molar-refractivity contribution in [2.24, 2.45) is 0 Å². The number of rotatable bonds is 6. The van der Waals surface area contributed by atoms with Crippen LogP contribution in [0.15, 0.2) is 72.1 Å². The summed E-state index contributed by atoms with van der Waals surface area (Å²) < 4.78 is 10.5. The molecule has 1 atom stereocenters. The minimum atomic E-state index is -0.974. The van der Waals surface area contributed by atoms with Gasteiger partial charge in [-0.25, -0.2) is 9.78 Å². The highest BCUT2D eigenvalue weighted by Crippen LogP contribution is 2.26. The molecular weight excluding hydrogens is 412 g/mol. The van der Waals surface area contributed by atoms with Crippen LogP contribution in [0.25, 0.3) is 21.3 Å². The summed E-state index contributed by atoms with van der Waals surface area (Å²) in [6.07, 6.45) is -0.974. The Kier molecular flexibility index (Phi) is 5.95. The van der Waals surface area contributed by atoms with Gasteiger partial charge in [0.25, 0.3) is 5.91 Å². The summed E-state index contributed by atoms with van der Waals surface area (Å²) in [5.74, 6) is -0.308. The molecule has 0 aliphatic heterocycles. The summed E-state index contributed by atoms with van der Waals surface area (Å²) in [5, 5.41) is 7.07. The van der Waals surface area contributed by atoms with Gasteiger partial charge in [-0.3, -0.25) is 4.79 Å². The number of hydrogen-bond acceptors (Lipinski definition) is 6. The fourth-order valence-corrected chi connectivity index (χ4v) is 3.87. The molecule has 1 amide bonds. The van der Waals surface area contributed by atoms with E-state index in [4.69, 9.17) is 9.47 Å². The first kappa shape index (κ1) is 20.6. The van der Waals surface area contributed by atoms with E-state index in [1.54, 1.807) is 12.5 Å². The molecule has 156 valence electrons. The maximum atomic E-state index is 12.6. The number of thiazole rings is 1. The average Bonchev–Trinajstić information content (AvgIpc) is 3.30. The fraction of sp³-hybridized carbons (Fsp3) is 0.125. The van der Waals surface area contributed by atoms with Crippen LogP contribution in [-0.4, -0.2) is 30.1 Å². The van der Waals surface area contributed by atoms with Gasteiger partial charge < -0.3 is 14.8 Å². The molecule has 0 saturated carbocycles. The van der Waals surface area contributed by atoms with E-state index in [-0.39, 0.29) is 5.69 Å². The number of esters is 1. The summed E-state index contributed by atoms with van der Waals surface area (Å²) in [6, 6.07) is 20.8. The molecule has 6 nitrogen and oxygen atoms in total. The third kappa shape index (κ3) is 4.57. The van der Waals surface area contributed by atoms with Gasteiger partial charge in [0.2, 0.25) is 0 Å². The van der Waals surface area contributed by atoms with Crippen molar-refractivity contribution < 1.29 is 19.1 Å². The van der Waals surface area contributed by atoms with Crippen LogP contribution < -0.4 is 10.1 Å². The predicted octanol–water partition coefficient (Wildman–Crippen LogP) is 5.16. The summed E-state index contributed by atoms with van der Waals surface area (Å²) >= 11 is 1.33. The Morgan fingerprint density at radius 2 is 1.74 bits per heavy atom. The minimum Gasteiger partial charge on any atom is -0.497 e. The molecular formula is C24H20N2O4S. The van der Waals surface area contributed by atoms with Crippen LogP contribution in [0.3, 0.4) is 0 Å². The number of anilines is 1. The lowest BCUT2D eigenvalue weighted by Gasteiger charge is -2.14. The lowest BCUT2D eigenvalue weighted by Crippen LogP contribution is -2.30. The van der Waals surface area contributed by atoms with Crippen molar-refractivity contribution in [2.75, 3.05) is 12.4 Å². The van der Waals surface area contributed by atoms with Gasteiger partial charge in [0.15, 0.2) is 11.8 Å². The summed E-state index contributed by atoms with van der Waals surface area (Å²) in [4.78, 5) is 29.4. The monoisotopic (exact) mass is 432 g/mol. The lowest BCUT2D eigenvalue weighted by atomic mass is 10.1. The van der Waals surface area contributed by atoms with Gasteiger partial charge in [0.05, 0.1) is 7.11 Å². The van der Waals surface area contributed by atoms with Crippen LogP contribution in [0, 0.1) is 0 Å². The van der Waals surface area contributed by atoms with Gasteiger partial charge in [-0.15, -0.1) is 11.3 Å². The van der Waals surface area contributed by atoms with E-state index in [2.05, 4.69) is 10.3 Å². The lowest BCUT2D eigenvalue weighted by molar-refractivity contribution is -0.123. The Morgan fingerprint density at radius 3 is 2.52 bits per heavy atom. The van der Waals surface area contributed by atoms with Crippen molar-refractivity contribution in [1.82, 2.24) is 4.98 Å². The zero-order valence-electron chi connectivity index (χ0n) is 17.0. The highest BCUT2D eigenvalue weighted by atomic mass is 32.1.